The average molecular weight is 472 g/mol. The molecule has 3 aromatic carbocycles. The summed E-state index contributed by atoms with van der Waals surface area (Å²) in [5.74, 6) is -2.23. The van der Waals surface area contributed by atoms with Gasteiger partial charge < -0.3 is 15.5 Å². The number of carbonyl (C=O) groups is 2. The zero-order chi connectivity index (χ0) is 24.7. The van der Waals surface area contributed by atoms with Crippen LogP contribution in [0.3, 0.4) is 0 Å². The topological polar surface area (TPSA) is 103 Å². The molecule has 0 atom stereocenters. The number of rotatable bonds is 6. The molecule has 2 aromatic heterocycles. The highest BCUT2D eigenvalue weighted by Gasteiger charge is 2.20. The van der Waals surface area contributed by atoms with Gasteiger partial charge in [0.1, 0.15) is 17.9 Å². The summed E-state index contributed by atoms with van der Waals surface area (Å²) in [5.41, 5.74) is 9.28. The first kappa shape index (κ1) is 22.0. The zero-order valence-corrected chi connectivity index (χ0v) is 18.4. The maximum absolute atomic E-state index is 13.9. The summed E-state index contributed by atoms with van der Waals surface area (Å²) in [6, 6.07) is 15.3. The Hall–Kier alpha value is -4.79. The van der Waals surface area contributed by atoms with Gasteiger partial charge in [-0.1, -0.05) is 6.07 Å². The van der Waals surface area contributed by atoms with Crippen LogP contribution < -0.4 is 10.5 Å². The van der Waals surface area contributed by atoms with Gasteiger partial charge in [-0.2, -0.15) is 9.49 Å². The maximum atomic E-state index is 13.9. The first-order chi connectivity index (χ1) is 16.9. The van der Waals surface area contributed by atoms with Crippen molar-refractivity contribution >= 4 is 28.8 Å². The van der Waals surface area contributed by atoms with Crippen LogP contribution in [0.4, 0.5) is 14.6 Å². The fourth-order valence-corrected chi connectivity index (χ4v) is 3.84. The number of aryl methyl sites for hydroxylation is 1. The number of hydrogen-bond acceptors (Lipinski definition) is 5. The second-order valence-corrected chi connectivity index (χ2v) is 7.93. The fraction of sp³-hybridized carbons (Fsp3) is 0.0385. The van der Waals surface area contributed by atoms with Crippen molar-refractivity contribution < 1.29 is 23.1 Å². The van der Waals surface area contributed by atoms with Crippen molar-refractivity contribution in [3.63, 3.8) is 0 Å². The molecule has 7 nitrogen and oxygen atoms in total. The van der Waals surface area contributed by atoms with Crippen molar-refractivity contribution in [2.45, 2.75) is 6.92 Å². The third-order valence-corrected chi connectivity index (χ3v) is 5.62. The molecule has 0 bridgehead atoms. The van der Waals surface area contributed by atoms with Gasteiger partial charge in [0.05, 0.1) is 23.1 Å². The lowest BCUT2D eigenvalue weighted by atomic mass is 10.1. The van der Waals surface area contributed by atoms with E-state index in [0.29, 0.717) is 33.8 Å². The summed E-state index contributed by atoms with van der Waals surface area (Å²) in [7, 11) is 0. The van der Waals surface area contributed by atoms with E-state index in [2.05, 4.69) is 10.1 Å². The molecule has 0 radical (unpaired) electrons. The molecule has 2 heterocycles. The summed E-state index contributed by atoms with van der Waals surface area (Å²) in [5, 5.41) is 5.00. The van der Waals surface area contributed by atoms with Gasteiger partial charge in [-0.3, -0.25) is 9.59 Å². The van der Waals surface area contributed by atoms with Gasteiger partial charge >= 0.3 is 0 Å². The molecule has 3 N–H and O–H groups in total. The normalized spacial score (nSPS) is 11.1. The van der Waals surface area contributed by atoms with E-state index < -0.39 is 11.6 Å². The molecular weight excluding hydrogens is 454 g/mol. The molecule has 0 amide bonds. The van der Waals surface area contributed by atoms with Crippen LogP contribution in [0, 0.1) is 18.6 Å². The van der Waals surface area contributed by atoms with Crippen LogP contribution in [-0.2, 0) is 0 Å². The number of nitrogen functional groups attached to an aromatic ring is 1. The minimum Gasteiger partial charge on any atom is -0.454 e. The number of aromatic amines is 1. The van der Waals surface area contributed by atoms with Gasteiger partial charge in [-0.15, -0.1) is 0 Å². The molecule has 0 aliphatic carbocycles. The SMILES string of the molecule is Cc1cc(Oc2cccc(F)c2F)ccc1-n1ncc(C(=O)c2cc3cc(C=O)ccc3[nH]2)c1N. The Morgan fingerprint density at radius 2 is 1.94 bits per heavy atom. The standard InChI is InChI=1S/C26H18F2N4O3/c1-14-9-17(35-23-4-2-3-19(27)24(23)28)6-8-22(14)32-26(29)18(12-30-32)25(34)21-11-16-10-15(13-33)5-7-20(16)31-21/h2-13,31H,29H2,1H3. The smallest absolute Gasteiger partial charge is 0.214 e. The van der Waals surface area contributed by atoms with Crippen molar-refractivity contribution in [3.05, 3.63) is 101 Å². The minimum atomic E-state index is -1.08. The highest BCUT2D eigenvalue weighted by atomic mass is 19.2. The first-order valence-corrected chi connectivity index (χ1v) is 10.5. The lowest BCUT2D eigenvalue weighted by Crippen LogP contribution is -2.08. The van der Waals surface area contributed by atoms with Crippen LogP contribution in [0.2, 0.25) is 0 Å². The van der Waals surface area contributed by atoms with E-state index in [4.69, 9.17) is 10.5 Å². The Balaban J connectivity index is 1.43. The van der Waals surface area contributed by atoms with Crippen molar-refractivity contribution in [1.82, 2.24) is 14.8 Å². The molecule has 0 unspecified atom stereocenters. The number of nitrogens with one attached hydrogen (secondary N) is 1. The predicted molar refractivity (Wildman–Crippen MR) is 126 cm³/mol. The van der Waals surface area contributed by atoms with E-state index >= 15 is 0 Å². The maximum Gasteiger partial charge on any atom is 0.214 e. The molecule has 174 valence electrons. The summed E-state index contributed by atoms with van der Waals surface area (Å²) < 4.78 is 34.3. The quantitative estimate of drug-likeness (QED) is 0.256. The lowest BCUT2D eigenvalue weighted by Gasteiger charge is -2.12. The van der Waals surface area contributed by atoms with Gasteiger partial charge in [0.2, 0.25) is 11.6 Å². The molecule has 9 heteroatoms. The Labute approximate surface area is 197 Å². The molecule has 0 spiro atoms. The van der Waals surface area contributed by atoms with E-state index in [1.165, 1.54) is 23.0 Å². The van der Waals surface area contributed by atoms with Crippen LogP contribution >= 0.6 is 0 Å². The van der Waals surface area contributed by atoms with Gasteiger partial charge in [0.25, 0.3) is 0 Å². The Morgan fingerprint density at radius 1 is 1.11 bits per heavy atom. The number of ether oxygens (including phenoxy) is 1. The Bertz CT molecular complexity index is 1620. The number of aldehydes is 1. The number of carbonyl (C=O) groups excluding carboxylic acids is 2. The molecule has 5 rings (SSSR count). The van der Waals surface area contributed by atoms with Crippen molar-refractivity contribution in [2.24, 2.45) is 0 Å². The van der Waals surface area contributed by atoms with Crippen molar-refractivity contribution in [3.8, 4) is 17.2 Å². The fourth-order valence-electron chi connectivity index (χ4n) is 3.84. The summed E-state index contributed by atoms with van der Waals surface area (Å²) >= 11 is 0. The number of H-pyrrole nitrogens is 1. The number of benzene rings is 3. The van der Waals surface area contributed by atoms with E-state index in [0.717, 1.165) is 17.7 Å². The monoisotopic (exact) mass is 472 g/mol. The van der Waals surface area contributed by atoms with Crippen LogP contribution in [0.1, 0.15) is 32.0 Å². The third-order valence-electron chi connectivity index (χ3n) is 5.62. The van der Waals surface area contributed by atoms with Gasteiger partial charge in [-0.05, 0) is 67.1 Å². The zero-order valence-electron chi connectivity index (χ0n) is 18.4. The number of aromatic nitrogens is 3. The molecule has 0 saturated heterocycles. The lowest BCUT2D eigenvalue weighted by molar-refractivity contribution is 0.103. The first-order valence-electron chi connectivity index (χ1n) is 10.5. The van der Waals surface area contributed by atoms with E-state index in [-0.39, 0.29) is 22.9 Å². The average Bonchev–Trinajstić information content (AvgIpc) is 3.45. The van der Waals surface area contributed by atoms with Crippen LogP contribution in [0.25, 0.3) is 16.6 Å². The second-order valence-electron chi connectivity index (χ2n) is 7.93. The van der Waals surface area contributed by atoms with Crippen molar-refractivity contribution in [2.75, 3.05) is 5.73 Å². The third kappa shape index (κ3) is 3.93. The van der Waals surface area contributed by atoms with Crippen LogP contribution in [-0.4, -0.2) is 26.8 Å². The van der Waals surface area contributed by atoms with Gasteiger partial charge in [0, 0.05) is 16.5 Å². The number of fused-ring (bicyclic) bond motifs is 1. The van der Waals surface area contributed by atoms with Crippen molar-refractivity contribution in [1.29, 1.82) is 0 Å². The van der Waals surface area contributed by atoms with Gasteiger partial charge in [0.15, 0.2) is 11.6 Å². The minimum absolute atomic E-state index is 0.134. The summed E-state index contributed by atoms with van der Waals surface area (Å²) in [6.07, 6.45) is 2.12. The largest absolute Gasteiger partial charge is 0.454 e. The van der Waals surface area contributed by atoms with Crippen LogP contribution in [0.15, 0.2) is 66.9 Å². The highest BCUT2D eigenvalue weighted by Crippen LogP contribution is 2.30. The molecule has 5 aromatic rings. The molecular formula is C26H18F2N4O3. The van der Waals surface area contributed by atoms with Crippen LogP contribution in [0.5, 0.6) is 11.5 Å². The number of anilines is 1. The molecule has 0 fully saturated rings. The summed E-state index contributed by atoms with van der Waals surface area (Å²) in [6.45, 7) is 1.77. The highest BCUT2D eigenvalue weighted by molar-refractivity contribution is 6.12. The number of nitrogens with two attached hydrogens (primary N) is 1. The molecule has 0 saturated carbocycles. The number of ketones is 1. The Kier molecular flexibility index (Phi) is 5.37. The van der Waals surface area contributed by atoms with E-state index in [9.17, 15) is 18.4 Å². The predicted octanol–water partition coefficient (Wildman–Crippen LogP) is 5.36. The Morgan fingerprint density at radius 3 is 2.71 bits per heavy atom. The molecule has 0 aliphatic heterocycles. The van der Waals surface area contributed by atoms with E-state index in [1.807, 2.05) is 0 Å². The van der Waals surface area contributed by atoms with E-state index in [1.54, 1.807) is 49.4 Å². The number of hydrogen-bond donors (Lipinski definition) is 2. The second kappa shape index (κ2) is 8.53. The number of halogens is 2. The molecule has 35 heavy (non-hydrogen) atoms. The summed E-state index contributed by atoms with van der Waals surface area (Å²) in [4.78, 5) is 27.2. The van der Waals surface area contributed by atoms with Gasteiger partial charge in [-0.25, -0.2) is 9.07 Å². The number of nitrogens with zero attached hydrogens (tertiary/aromatic N) is 2. The molecule has 0 aliphatic rings.